The number of rotatable bonds is 10. The third kappa shape index (κ3) is 8.72. The van der Waals surface area contributed by atoms with E-state index in [4.69, 9.17) is 9.84 Å². The number of ether oxygens (including phenoxy) is 1. The standard InChI is InChI=1S/C13H26O3/c1-4-6-7-12(5-2)10-16-11(3)8-9-13(14)15/h11-12H,4-10H2,1-3H3,(H,14,15). The lowest BCUT2D eigenvalue weighted by Gasteiger charge is -2.18. The van der Waals surface area contributed by atoms with Gasteiger partial charge in [0.15, 0.2) is 0 Å². The fraction of sp³-hybridized carbons (Fsp3) is 0.923. The number of aliphatic carboxylic acids is 1. The van der Waals surface area contributed by atoms with Crippen LogP contribution < -0.4 is 0 Å². The Balaban J connectivity index is 3.61. The lowest BCUT2D eigenvalue weighted by molar-refractivity contribution is -0.137. The van der Waals surface area contributed by atoms with E-state index in [1.165, 1.54) is 19.3 Å². The Bertz CT molecular complexity index is 180. The van der Waals surface area contributed by atoms with E-state index in [1.54, 1.807) is 0 Å². The molecular weight excluding hydrogens is 204 g/mol. The van der Waals surface area contributed by atoms with E-state index in [1.807, 2.05) is 6.92 Å². The van der Waals surface area contributed by atoms with Gasteiger partial charge >= 0.3 is 5.97 Å². The lowest BCUT2D eigenvalue weighted by Crippen LogP contribution is -2.16. The molecule has 0 radical (unpaired) electrons. The maximum Gasteiger partial charge on any atom is 0.303 e. The summed E-state index contributed by atoms with van der Waals surface area (Å²) in [6, 6.07) is 0. The normalized spacial score (nSPS) is 14.7. The predicted molar refractivity (Wildman–Crippen MR) is 65.6 cm³/mol. The molecule has 2 atom stereocenters. The van der Waals surface area contributed by atoms with Crippen LogP contribution in [-0.2, 0) is 9.53 Å². The number of carboxylic acids is 1. The van der Waals surface area contributed by atoms with Crippen LogP contribution >= 0.6 is 0 Å². The van der Waals surface area contributed by atoms with E-state index < -0.39 is 5.97 Å². The molecule has 0 bridgehead atoms. The van der Waals surface area contributed by atoms with Crippen LogP contribution in [0.2, 0.25) is 0 Å². The number of hydrogen-bond acceptors (Lipinski definition) is 2. The summed E-state index contributed by atoms with van der Waals surface area (Å²) in [6.45, 7) is 7.11. The molecule has 0 saturated carbocycles. The lowest BCUT2D eigenvalue weighted by atomic mass is 10.0. The summed E-state index contributed by atoms with van der Waals surface area (Å²) in [4.78, 5) is 10.4. The molecule has 1 N–H and O–H groups in total. The highest BCUT2D eigenvalue weighted by molar-refractivity contribution is 5.66. The van der Waals surface area contributed by atoms with Crippen molar-refractivity contribution in [1.82, 2.24) is 0 Å². The fourth-order valence-electron chi connectivity index (χ4n) is 1.61. The largest absolute Gasteiger partial charge is 0.481 e. The molecule has 0 aliphatic rings. The van der Waals surface area contributed by atoms with E-state index >= 15 is 0 Å². The van der Waals surface area contributed by atoms with Gasteiger partial charge in [-0.2, -0.15) is 0 Å². The molecule has 0 amide bonds. The highest BCUT2D eigenvalue weighted by atomic mass is 16.5. The molecule has 0 aromatic rings. The first-order chi connectivity index (χ1) is 7.60. The minimum atomic E-state index is -0.742. The maximum absolute atomic E-state index is 10.4. The molecular formula is C13H26O3. The highest BCUT2D eigenvalue weighted by Crippen LogP contribution is 2.14. The maximum atomic E-state index is 10.4. The second kappa shape index (κ2) is 9.64. The molecule has 16 heavy (non-hydrogen) atoms. The second-order valence-electron chi connectivity index (χ2n) is 4.49. The van der Waals surface area contributed by atoms with Crippen molar-refractivity contribution in [2.24, 2.45) is 5.92 Å². The Hall–Kier alpha value is -0.570. The first kappa shape index (κ1) is 15.4. The first-order valence-electron chi connectivity index (χ1n) is 6.43. The topological polar surface area (TPSA) is 46.5 Å². The van der Waals surface area contributed by atoms with Gasteiger partial charge < -0.3 is 9.84 Å². The Morgan fingerprint density at radius 2 is 2.00 bits per heavy atom. The van der Waals surface area contributed by atoms with Crippen LogP contribution in [0.1, 0.15) is 59.3 Å². The molecule has 96 valence electrons. The zero-order valence-corrected chi connectivity index (χ0v) is 10.9. The van der Waals surface area contributed by atoms with Crippen molar-refractivity contribution in [1.29, 1.82) is 0 Å². The minimum Gasteiger partial charge on any atom is -0.481 e. The molecule has 3 heteroatoms. The van der Waals surface area contributed by atoms with Crippen LogP contribution in [0.3, 0.4) is 0 Å². The monoisotopic (exact) mass is 230 g/mol. The molecule has 0 spiro atoms. The van der Waals surface area contributed by atoms with Gasteiger partial charge in [0.1, 0.15) is 0 Å². The van der Waals surface area contributed by atoms with Crippen molar-refractivity contribution in [2.75, 3.05) is 6.61 Å². The number of carboxylic acid groups (broad SMARTS) is 1. The van der Waals surface area contributed by atoms with Gasteiger partial charge in [-0.1, -0.05) is 33.1 Å². The molecule has 0 aromatic heterocycles. The Kier molecular flexibility index (Phi) is 9.30. The molecule has 3 nitrogen and oxygen atoms in total. The van der Waals surface area contributed by atoms with Crippen LogP contribution in [0.25, 0.3) is 0 Å². The summed E-state index contributed by atoms with van der Waals surface area (Å²) in [5.74, 6) is -0.110. The van der Waals surface area contributed by atoms with Gasteiger partial charge in [0.25, 0.3) is 0 Å². The first-order valence-corrected chi connectivity index (χ1v) is 6.43. The van der Waals surface area contributed by atoms with Crippen LogP contribution in [0.5, 0.6) is 0 Å². The molecule has 0 aliphatic carbocycles. The molecule has 0 heterocycles. The summed E-state index contributed by atoms with van der Waals surface area (Å²) < 4.78 is 5.68. The second-order valence-corrected chi connectivity index (χ2v) is 4.49. The molecule has 0 saturated heterocycles. The Morgan fingerprint density at radius 1 is 1.31 bits per heavy atom. The van der Waals surface area contributed by atoms with Crippen molar-refractivity contribution in [3.63, 3.8) is 0 Å². The summed E-state index contributed by atoms with van der Waals surface area (Å²) in [5.41, 5.74) is 0. The van der Waals surface area contributed by atoms with Gasteiger partial charge in [-0.05, 0) is 25.7 Å². The SMILES string of the molecule is CCCCC(CC)COC(C)CCC(=O)O. The highest BCUT2D eigenvalue weighted by Gasteiger charge is 2.10. The molecule has 2 unspecified atom stereocenters. The third-order valence-electron chi connectivity index (χ3n) is 2.92. The molecule has 0 aromatic carbocycles. The van der Waals surface area contributed by atoms with E-state index in [0.29, 0.717) is 12.3 Å². The summed E-state index contributed by atoms with van der Waals surface area (Å²) in [5, 5.41) is 8.55. The van der Waals surface area contributed by atoms with Gasteiger partial charge in [0, 0.05) is 13.0 Å². The van der Waals surface area contributed by atoms with Gasteiger partial charge in [0.05, 0.1) is 6.10 Å². The average Bonchev–Trinajstić information content (AvgIpc) is 2.26. The van der Waals surface area contributed by atoms with Crippen molar-refractivity contribution >= 4 is 5.97 Å². The van der Waals surface area contributed by atoms with E-state index in [2.05, 4.69) is 13.8 Å². The number of unbranched alkanes of at least 4 members (excludes halogenated alkanes) is 1. The zero-order valence-electron chi connectivity index (χ0n) is 10.9. The van der Waals surface area contributed by atoms with Gasteiger partial charge in [-0.3, -0.25) is 4.79 Å². The van der Waals surface area contributed by atoms with Gasteiger partial charge in [-0.15, -0.1) is 0 Å². The van der Waals surface area contributed by atoms with Crippen LogP contribution in [0.4, 0.5) is 0 Å². The fourth-order valence-corrected chi connectivity index (χ4v) is 1.61. The predicted octanol–water partition coefficient (Wildman–Crippen LogP) is 3.47. The van der Waals surface area contributed by atoms with Crippen LogP contribution in [-0.4, -0.2) is 23.8 Å². The van der Waals surface area contributed by atoms with Gasteiger partial charge in [-0.25, -0.2) is 0 Å². The summed E-state index contributed by atoms with van der Waals surface area (Å²) in [6.07, 6.45) is 5.72. The number of hydrogen-bond donors (Lipinski definition) is 1. The molecule has 0 fully saturated rings. The average molecular weight is 230 g/mol. The van der Waals surface area contributed by atoms with Crippen LogP contribution in [0, 0.1) is 5.92 Å². The van der Waals surface area contributed by atoms with Gasteiger partial charge in [0.2, 0.25) is 0 Å². The smallest absolute Gasteiger partial charge is 0.303 e. The minimum absolute atomic E-state index is 0.0618. The molecule has 0 rings (SSSR count). The Morgan fingerprint density at radius 3 is 2.50 bits per heavy atom. The van der Waals surface area contributed by atoms with E-state index in [9.17, 15) is 4.79 Å². The van der Waals surface area contributed by atoms with E-state index in [-0.39, 0.29) is 12.5 Å². The summed E-state index contributed by atoms with van der Waals surface area (Å²) in [7, 11) is 0. The van der Waals surface area contributed by atoms with Crippen LogP contribution in [0.15, 0.2) is 0 Å². The Labute approximate surface area is 99.2 Å². The van der Waals surface area contributed by atoms with Crippen molar-refractivity contribution < 1.29 is 14.6 Å². The molecule has 0 aliphatic heterocycles. The van der Waals surface area contributed by atoms with Crippen molar-refractivity contribution in [2.45, 2.75) is 65.4 Å². The third-order valence-corrected chi connectivity index (χ3v) is 2.92. The summed E-state index contributed by atoms with van der Waals surface area (Å²) >= 11 is 0. The van der Waals surface area contributed by atoms with Crippen molar-refractivity contribution in [3.8, 4) is 0 Å². The van der Waals surface area contributed by atoms with Crippen molar-refractivity contribution in [3.05, 3.63) is 0 Å². The van der Waals surface area contributed by atoms with E-state index in [0.717, 1.165) is 13.0 Å². The zero-order chi connectivity index (χ0) is 12.4. The number of carbonyl (C=O) groups is 1. The quantitative estimate of drug-likeness (QED) is 0.625.